The molecule has 0 amide bonds. The van der Waals surface area contributed by atoms with E-state index in [0.29, 0.717) is 4.47 Å². The molecule has 0 N–H and O–H groups in total. The predicted octanol–water partition coefficient (Wildman–Crippen LogP) is 5.92. The van der Waals surface area contributed by atoms with Crippen LogP contribution in [0.5, 0.6) is 0 Å². The minimum absolute atomic E-state index is 0.170. The average Bonchev–Trinajstić information content (AvgIpc) is 2.90. The van der Waals surface area contributed by atoms with Crippen LogP contribution in [0.15, 0.2) is 45.3 Å². The highest BCUT2D eigenvalue weighted by atomic mass is 79.9. The fourth-order valence-electron chi connectivity index (χ4n) is 2.22. The number of anilines is 1. The minimum atomic E-state index is -0.568. The van der Waals surface area contributed by atoms with Gasteiger partial charge in [0.05, 0.1) is 0 Å². The fourth-order valence-corrected chi connectivity index (χ4v) is 3.11. The van der Waals surface area contributed by atoms with Gasteiger partial charge in [-0.05, 0) is 43.2 Å². The van der Waals surface area contributed by atoms with E-state index in [2.05, 4.69) is 36.8 Å². The van der Waals surface area contributed by atoms with Crippen LogP contribution in [0.2, 0.25) is 0 Å². The topological polar surface area (TPSA) is 3.24 Å². The summed E-state index contributed by atoms with van der Waals surface area (Å²) in [7, 11) is 0. The van der Waals surface area contributed by atoms with Crippen molar-refractivity contribution >= 4 is 37.5 Å². The molecule has 2 aromatic rings. The molecule has 3 rings (SSSR count). The molecule has 1 saturated heterocycles. The minimum Gasteiger partial charge on any atom is -0.371 e. The second-order valence-electron chi connectivity index (χ2n) is 4.91. The molecule has 0 spiro atoms. The van der Waals surface area contributed by atoms with Crippen LogP contribution >= 0.6 is 31.9 Å². The zero-order valence-electron chi connectivity index (χ0n) is 11.6. The lowest BCUT2D eigenvalue weighted by atomic mass is 10.3. The van der Waals surface area contributed by atoms with Crippen molar-refractivity contribution in [3.63, 3.8) is 0 Å². The number of hydrogen-bond donors (Lipinski definition) is 0. The highest BCUT2D eigenvalue weighted by Crippen LogP contribution is 2.25. The summed E-state index contributed by atoms with van der Waals surface area (Å²) in [4.78, 5) is 2.22. The van der Waals surface area contributed by atoms with Crippen LogP contribution in [0, 0.1) is 17.5 Å². The van der Waals surface area contributed by atoms with E-state index in [1.807, 2.05) is 6.07 Å². The molecule has 22 heavy (non-hydrogen) atoms. The Kier molecular flexibility index (Phi) is 6.32. The molecule has 1 aliphatic rings. The van der Waals surface area contributed by atoms with E-state index in [1.165, 1.54) is 31.0 Å². The van der Waals surface area contributed by atoms with E-state index in [9.17, 15) is 13.2 Å². The second-order valence-corrected chi connectivity index (χ2v) is 6.74. The quantitative estimate of drug-likeness (QED) is 0.536. The number of halogens is 5. The molecule has 1 heterocycles. The Morgan fingerprint density at radius 3 is 1.59 bits per heavy atom. The Bertz CT molecular complexity index is 573. The monoisotopic (exact) mass is 435 g/mol. The Labute approximate surface area is 144 Å². The lowest BCUT2D eigenvalue weighted by Gasteiger charge is -2.17. The highest BCUT2D eigenvalue weighted by Gasteiger charge is 2.13. The van der Waals surface area contributed by atoms with Gasteiger partial charge in [-0.1, -0.05) is 31.9 Å². The Morgan fingerprint density at radius 1 is 0.682 bits per heavy atom. The molecule has 2 aromatic carbocycles. The molecule has 1 fully saturated rings. The number of rotatable bonds is 1. The number of nitrogens with zero attached hydrogens (tertiary/aromatic N) is 1. The summed E-state index contributed by atoms with van der Waals surface area (Å²) in [5, 5.41) is 0. The molecule has 118 valence electrons. The zero-order chi connectivity index (χ0) is 16.1. The third-order valence-corrected chi connectivity index (χ3v) is 4.06. The van der Waals surface area contributed by atoms with Gasteiger partial charge in [0, 0.05) is 33.8 Å². The van der Waals surface area contributed by atoms with Crippen molar-refractivity contribution in [3.05, 3.63) is 62.8 Å². The summed E-state index contributed by atoms with van der Waals surface area (Å²) in [6.07, 6.45) is 2.43. The Hall–Kier alpha value is -1.01. The van der Waals surface area contributed by atoms with Gasteiger partial charge < -0.3 is 4.90 Å². The molecule has 1 aliphatic heterocycles. The summed E-state index contributed by atoms with van der Waals surface area (Å²) in [5.74, 6) is -1.31. The first-order valence-corrected chi connectivity index (χ1v) is 8.35. The molecule has 6 heteroatoms. The standard InChI is InChI=1S/C10H11BrFN.C6H3BrF2/c11-8-5-9(12)7-10(6-8)13-3-1-2-4-13;7-4-1-5(8)3-6(9)2-4/h5-7H,1-4H2;1-3H. The molecule has 1 nitrogen and oxygen atoms in total. The van der Waals surface area contributed by atoms with Gasteiger partial charge in [0.25, 0.3) is 0 Å². The van der Waals surface area contributed by atoms with E-state index < -0.39 is 11.6 Å². The molecule has 0 bridgehead atoms. The summed E-state index contributed by atoms with van der Waals surface area (Å²) < 4.78 is 38.6. The lowest BCUT2D eigenvalue weighted by Crippen LogP contribution is -2.17. The Balaban J connectivity index is 0.000000172. The van der Waals surface area contributed by atoms with E-state index >= 15 is 0 Å². The number of benzene rings is 2. The summed E-state index contributed by atoms with van der Waals surface area (Å²) in [6.45, 7) is 2.10. The van der Waals surface area contributed by atoms with E-state index in [0.717, 1.165) is 29.3 Å². The fraction of sp³-hybridized carbons (Fsp3) is 0.250. The van der Waals surface area contributed by atoms with Crippen molar-refractivity contribution in [2.75, 3.05) is 18.0 Å². The smallest absolute Gasteiger partial charge is 0.127 e. The first-order valence-electron chi connectivity index (χ1n) is 6.77. The molecule has 0 saturated carbocycles. The maximum Gasteiger partial charge on any atom is 0.127 e. The van der Waals surface area contributed by atoms with Crippen LogP contribution in [0.4, 0.5) is 18.9 Å². The van der Waals surface area contributed by atoms with Gasteiger partial charge in [0.1, 0.15) is 17.5 Å². The molecular formula is C16H14Br2F3N. The summed E-state index contributed by atoms with van der Waals surface area (Å²) in [6, 6.07) is 8.26. The van der Waals surface area contributed by atoms with Crippen molar-refractivity contribution in [3.8, 4) is 0 Å². The van der Waals surface area contributed by atoms with Crippen LogP contribution < -0.4 is 4.90 Å². The van der Waals surface area contributed by atoms with Crippen molar-refractivity contribution in [1.29, 1.82) is 0 Å². The maximum absolute atomic E-state index is 13.0. The molecule has 0 radical (unpaired) electrons. The van der Waals surface area contributed by atoms with Gasteiger partial charge >= 0.3 is 0 Å². The molecule has 0 unspecified atom stereocenters. The van der Waals surface area contributed by atoms with Gasteiger partial charge in [0.15, 0.2) is 0 Å². The second kappa shape index (κ2) is 8.02. The predicted molar refractivity (Wildman–Crippen MR) is 89.6 cm³/mol. The molecule has 0 atom stereocenters. The Morgan fingerprint density at radius 2 is 1.14 bits per heavy atom. The highest BCUT2D eigenvalue weighted by molar-refractivity contribution is 9.10. The zero-order valence-corrected chi connectivity index (χ0v) is 14.8. The van der Waals surface area contributed by atoms with Crippen LogP contribution in [0.1, 0.15) is 12.8 Å². The first-order chi connectivity index (χ1) is 10.4. The van der Waals surface area contributed by atoms with Crippen molar-refractivity contribution in [2.24, 2.45) is 0 Å². The summed E-state index contributed by atoms with van der Waals surface area (Å²) >= 11 is 6.23. The van der Waals surface area contributed by atoms with E-state index in [4.69, 9.17) is 0 Å². The third kappa shape index (κ3) is 5.32. The van der Waals surface area contributed by atoms with Crippen LogP contribution in [-0.4, -0.2) is 13.1 Å². The van der Waals surface area contributed by atoms with E-state index in [1.54, 1.807) is 6.07 Å². The molecular weight excluding hydrogens is 423 g/mol. The van der Waals surface area contributed by atoms with Crippen molar-refractivity contribution in [1.82, 2.24) is 0 Å². The van der Waals surface area contributed by atoms with Gasteiger partial charge in [-0.2, -0.15) is 0 Å². The van der Waals surface area contributed by atoms with E-state index in [-0.39, 0.29) is 5.82 Å². The van der Waals surface area contributed by atoms with Crippen molar-refractivity contribution in [2.45, 2.75) is 12.8 Å². The van der Waals surface area contributed by atoms with Crippen LogP contribution in [0.3, 0.4) is 0 Å². The van der Waals surface area contributed by atoms with Crippen molar-refractivity contribution < 1.29 is 13.2 Å². The van der Waals surface area contributed by atoms with Gasteiger partial charge in [-0.25, -0.2) is 13.2 Å². The SMILES string of the molecule is Fc1cc(Br)cc(N2CCCC2)c1.Fc1cc(F)cc(Br)c1. The normalized spacial score (nSPS) is 13.8. The van der Waals surface area contributed by atoms with Gasteiger partial charge in [-0.3, -0.25) is 0 Å². The van der Waals surface area contributed by atoms with Crippen LogP contribution in [-0.2, 0) is 0 Å². The largest absolute Gasteiger partial charge is 0.371 e. The molecule has 0 aliphatic carbocycles. The molecule has 0 aromatic heterocycles. The first kappa shape index (κ1) is 17.3. The average molecular weight is 437 g/mol. The van der Waals surface area contributed by atoms with Crippen LogP contribution in [0.25, 0.3) is 0 Å². The number of hydrogen-bond acceptors (Lipinski definition) is 1. The lowest BCUT2D eigenvalue weighted by molar-refractivity contribution is 0.582. The maximum atomic E-state index is 13.0. The van der Waals surface area contributed by atoms with Gasteiger partial charge in [-0.15, -0.1) is 0 Å². The van der Waals surface area contributed by atoms with Gasteiger partial charge in [0.2, 0.25) is 0 Å². The summed E-state index contributed by atoms with van der Waals surface area (Å²) in [5.41, 5.74) is 0.990. The third-order valence-electron chi connectivity index (χ3n) is 3.15.